The molecule has 16 heavy (non-hydrogen) atoms. The third kappa shape index (κ3) is 22.9. The van der Waals surface area contributed by atoms with Gasteiger partial charge in [0.1, 0.15) is 0 Å². The third-order valence-electron chi connectivity index (χ3n) is 1.07. The van der Waals surface area contributed by atoms with E-state index in [4.69, 9.17) is 14.0 Å². The van der Waals surface area contributed by atoms with Crippen LogP contribution < -0.4 is 0 Å². The van der Waals surface area contributed by atoms with Gasteiger partial charge in [0.2, 0.25) is 0 Å². The normalized spacial score (nSPS) is 16.2. The van der Waals surface area contributed by atoms with E-state index in [1.807, 2.05) is 24.3 Å². The van der Waals surface area contributed by atoms with E-state index >= 15 is 0 Å². The van der Waals surface area contributed by atoms with Gasteiger partial charge in [-0.05, 0) is 6.08 Å². The van der Waals surface area contributed by atoms with Gasteiger partial charge in [0.25, 0.3) is 0 Å². The van der Waals surface area contributed by atoms with E-state index < -0.39 is 0 Å². The molecule has 0 spiro atoms. The van der Waals surface area contributed by atoms with Crippen LogP contribution in [-0.4, -0.2) is 5.78 Å². The van der Waals surface area contributed by atoms with E-state index in [2.05, 4.69) is 20.0 Å². The van der Waals surface area contributed by atoms with Gasteiger partial charge in [-0.1, -0.05) is 30.4 Å². The molecule has 0 bridgehead atoms. The third-order valence-corrected chi connectivity index (χ3v) is 1.07. The van der Waals surface area contributed by atoms with Crippen LogP contribution in [0.3, 0.4) is 0 Å². The van der Waals surface area contributed by atoms with Crippen LogP contribution in [0.15, 0.2) is 36.5 Å². The first kappa shape index (κ1) is 24.1. The van der Waals surface area contributed by atoms with E-state index in [0.717, 1.165) is 0 Å². The summed E-state index contributed by atoms with van der Waals surface area (Å²) in [5, 5.41) is 0. The smallest absolute Gasteiger partial charge is 0 e. The van der Waals surface area contributed by atoms with E-state index in [1.54, 1.807) is 12.2 Å². The largest absolute Gasteiger partial charge is 0 e. The number of hydrogen-bond acceptors (Lipinski definition) is 1. The van der Waals surface area contributed by atoms with Crippen molar-refractivity contribution in [2.24, 2.45) is 0 Å². The summed E-state index contributed by atoms with van der Waals surface area (Å²) in [6.07, 6.45) is 11.3. The Labute approximate surface area is 105 Å². The second-order valence-corrected chi connectivity index (χ2v) is 1.84. The molecule has 0 amide bonds. The summed E-state index contributed by atoms with van der Waals surface area (Å²) in [4.78, 5) is 10.7. The summed E-state index contributed by atoms with van der Waals surface area (Å²) in [5.74, 6) is 0.163. The summed E-state index contributed by atoms with van der Waals surface area (Å²) in [7, 11) is 0. The molecule has 1 aliphatic rings. The second kappa shape index (κ2) is 29.2. The molecule has 0 aliphatic heterocycles. The molecule has 4 nitrogen and oxygen atoms in total. The second-order valence-electron chi connectivity index (χ2n) is 1.84. The van der Waals surface area contributed by atoms with E-state index in [0.29, 0.717) is 6.42 Å². The van der Waals surface area contributed by atoms with Gasteiger partial charge < -0.3 is 0 Å². The van der Waals surface area contributed by atoms with Crippen LogP contribution >= 0.6 is 0 Å². The van der Waals surface area contributed by atoms with Crippen LogP contribution in [0.2, 0.25) is 0 Å². The van der Waals surface area contributed by atoms with Crippen molar-refractivity contribution in [3.63, 3.8) is 0 Å². The van der Waals surface area contributed by atoms with Crippen LogP contribution in [0, 0.1) is 20.0 Å². The zero-order chi connectivity index (χ0) is 12.5. The standard InChI is InChI=1S/C8H8O.3CO.Fe/c9-8-6-4-2-1-3-5-7-8;3*1-2;/h1-6H,7H2;;;;/b2-1-,5-3-,6-4-;;;;. The Balaban J connectivity index is -0.0000000900. The number of hydrogen-bond donors (Lipinski definition) is 0. The van der Waals surface area contributed by atoms with Crippen molar-refractivity contribution >= 4 is 5.78 Å². The molecule has 0 saturated carbocycles. The van der Waals surface area contributed by atoms with Crippen molar-refractivity contribution in [3.05, 3.63) is 56.4 Å². The van der Waals surface area contributed by atoms with Gasteiger partial charge in [-0.25, -0.2) is 0 Å². The molecule has 0 saturated heterocycles. The number of carbonyl (C=O) groups excluding carboxylic acids is 1. The molecular weight excluding hydrogens is 252 g/mol. The van der Waals surface area contributed by atoms with Gasteiger partial charge in [-0.3, -0.25) is 4.79 Å². The Morgan fingerprint density at radius 1 is 0.875 bits per heavy atom. The summed E-state index contributed by atoms with van der Waals surface area (Å²) in [6, 6.07) is 0. The minimum Gasteiger partial charge on any atom is 0 e. The first-order chi connectivity index (χ1) is 7.39. The Hall–Kier alpha value is -1.37. The first-order valence-electron chi connectivity index (χ1n) is 3.53. The predicted molar refractivity (Wildman–Crippen MR) is 48.8 cm³/mol. The number of carbonyl (C=O) groups is 1. The van der Waals surface area contributed by atoms with Crippen LogP contribution in [0.4, 0.5) is 0 Å². The zero-order valence-electron chi connectivity index (χ0n) is 8.16. The molecule has 1 rings (SSSR count). The average molecular weight is 260 g/mol. The van der Waals surface area contributed by atoms with Gasteiger partial charge in [-0.2, -0.15) is 0 Å². The van der Waals surface area contributed by atoms with Crippen molar-refractivity contribution in [2.75, 3.05) is 0 Å². The van der Waals surface area contributed by atoms with Gasteiger partial charge in [0.05, 0.1) is 0 Å². The topological polar surface area (TPSA) is 76.8 Å². The predicted octanol–water partition coefficient (Wildman–Crippen LogP) is 1.51. The van der Waals surface area contributed by atoms with Crippen molar-refractivity contribution in [1.82, 2.24) is 0 Å². The SMILES string of the molecule is O=C1\C=C/C=C\C=C/C1.[C-]#[O+].[C-]#[O+].[C-]#[O+].[Fe]. The summed E-state index contributed by atoms with van der Waals surface area (Å²) < 4.78 is 22.5. The van der Waals surface area contributed by atoms with E-state index in [-0.39, 0.29) is 22.9 Å². The molecule has 0 aromatic carbocycles. The Kier molecular flexibility index (Phi) is 43.9. The molecule has 0 radical (unpaired) electrons. The van der Waals surface area contributed by atoms with Crippen LogP contribution in [-0.2, 0) is 35.8 Å². The maximum atomic E-state index is 10.7. The summed E-state index contributed by atoms with van der Waals surface area (Å²) >= 11 is 0. The Morgan fingerprint density at radius 3 is 1.81 bits per heavy atom. The Bertz CT molecular complexity index is 281. The van der Waals surface area contributed by atoms with Crippen molar-refractivity contribution < 1.29 is 35.8 Å². The fourth-order valence-electron chi connectivity index (χ4n) is 0.622. The van der Waals surface area contributed by atoms with Gasteiger partial charge in [-0.15, -0.1) is 0 Å². The van der Waals surface area contributed by atoms with Crippen molar-refractivity contribution in [2.45, 2.75) is 6.42 Å². The minimum absolute atomic E-state index is 0. The first-order valence-corrected chi connectivity index (χ1v) is 3.53. The average Bonchev–Trinajstić information content (AvgIpc) is 2.32. The quantitative estimate of drug-likeness (QED) is 0.369. The molecule has 0 aromatic rings. The van der Waals surface area contributed by atoms with Crippen LogP contribution in [0.5, 0.6) is 0 Å². The van der Waals surface area contributed by atoms with Crippen molar-refractivity contribution in [3.8, 4) is 0 Å². The zero-order valence-corrected chi connectivity index (χ0v) is 9.26. The molecule has 5 heteroatoms. The van der Waals surface area contributed by atoms with Crippen LogP contribution in [0.25, 0.3) is 0 Å². The van der Waals surface area contributed by atoms with Gasteiger partial charge >= 0.3 is 33.9 Å². The van der Waals surface area contributed by atoms with Crippen LogP contribution in [0.1, 0.15) is 6.42 Å². The maximum absolute atomic E-state index is 10.7. The van der Waals surface area contributed by atoms with E-state index in [9.17, 15) is 4.79 Å². The molecule has 0 atom stereocenters. The fourth-order valence-corrected chi connectivity index (χ4v) is 0.622. The van der Waals surface area contributed by atoms with Gasteiger partial charge in [0, 0.05) is 23.5 Å². The molecule has 0 unspecified atom stereocenters. The summed E-state index contributed by atoms with van der Waals surface area (Å²) in [5.41, 5.74) is 0. The molecule has 84 valence electrons. The molecule has 1 aliphatic carbocycles. The fraction of sp³-hybridized carbons (Fsp3) is 0.0909. The minimum atomic E-state index is 0. The molecular formula is C11H8FeO4. The monoisotopic (exact) mass is 260 g/mol. The number of ketones is 1. The molecule has 0 N–H and O–H groups in total. The maximum Gasteiger partial charge on any atom is 0 e. The van der Waals surface area contributed by atoms with Gasteiger partial charge in [0.15, 0.2) is 5.78 Å². The molecule has 0 fully saturated rings. The number of allylic oxidation sites excluding steroid dienone is 6. The van der Waals surface area contributed by atoms with Crippen molar-refractivity contribution in [1.29, 1.82) is 0 Å². The Morgan fingerprint density at radius 2 is 1.31 bits per heavy atom. The van der Waals surface area contributed by atoms with E-state index in [1.165, 1.54) is 0 Å². The summed E-state index contributed by atoms with van der Waals surface area (Å²) in [6.45, 7) is 13.5. The number of rotatable bonds is 0. The molecule has 0 aromatic heterocycles. The molecule has 0 heterocycles.